The van der Waals surface area contributed by atoms with E-state index in [2.05, 4.69) is 5.10 Å². The van der Waals surface area contributed by atoms with Crippen molar-refractivity contribution in [2.75, 3.05) is 5.01 Å². The van der Waals surface area contributed by atoms with Crippen LogP contribution in [-0.2, 0) is 14.9 Å². The van der Waals surface area contributed by atoms with Crippen LogP contribution in [0, 0.1) is 0 Å². The van der Waals surface area contributed by atoms with Gasteiger partial charge in [0.05, 0.1) is 11.4 Å². The molecule has 1 heterocycles. The van der Waals surface area contributed by atoms with Gasteiger partial charge in [-0.2, -0.15) is 18.5 Å². The summed E-state index contributed by atoms with van der Waals surface area (Å²) in [7, 11) is -4.46. The second kappa shape index (κ2) is 5.50. The molecule has 1 amide bonds. The summed E-state index contributed by atoms with van der Waals surface area (Å²) in [4.78, 5) is 11.8. The summed E-state index contributed by atoms with van der Waals surface area (Å²) < 4.78 is 31.1. The first kappa shape index (κ1) is 15.3. The number of benzene rings is 1. The van der Waals surface area contributed by atoms with Crippen molar-refractivity contribution in [2.24, 2.45) is 5.10 Å². The molecule has 0 bridgehead atoms. The maximum absolute atomic E-state index is 11.8. The van der Waals surface area contributed by atoms with E-state index in [4.69, 9.17) is 4.55 Å². The summed E-state index contributed by atoms with van der Waals surface area (Å²) in [6, 6.07) is 8.42. The molecule has 6 nitrogen and oxygen atoms in total. The maximum atomic E-state index is 11.8. The number of hydrazone groups is 1. The van der Waals surface area contributed by atoms with Crippen LogP contribution in [-0.4, -0.2) is 29.8 Å². The first-order valence-corrected chi connectivity index (χ1v) is 6.32. The van der Waals surface area contributed by atoms with Gasteiger partial charge in [-0.1, -0.05) is 18.2 Å². The summed E-state index contributed by atoms with van der Waals surface area (Å²) in [5.74, 6) is -0.767. The Bertz CT molecular complexity index is 591. The summed E-state index contributed by atoms with van der Waals surface area (Å²) in [6.45, 7) is 1.39. The third kappa shape index (κ3) is 2.81. The van der Waals surface area contributed by atoms with Gasteiger partial charge in [-0.3, -0.25) is 9.35 Å². The van der Waals surface area contributed by atoms with E-state index < -0.39 is 21.3 Å². The van der Waals surface area contributed by atoms with E-state index in [-0.39, 0.29) is 36.7 Å². The molecule has 1 N–H and O–H groups in total. The fraction of sp³-hybridized carbons (Fsp3) is 0.200. The Labute approximate surface area is 128 Å². The topological polar surface area (TPSA) is 87.0 Å². The van der Waals surface area contributed by atoms with Gasteiger partial charge < -0.3 is 1.43 Å². The van der Waals surface area contributed by atoms with E-state index in [9.17, 15) is 13.2 Å². The minimum absolute atomic E-state index is 0. The molecule has 1 aromatic carbocycles. The molecule has 0 radical (unpaired) electrons. The van der Waals surface area contributed by atoms with Crippen molar-refractivity contribution in [3.8, 4) is 0 Å². The van der Waals surface area contributed by atoms with Gasteiger partial charge in [0.2, 0.25) is 5.25 Å². The molecule has 0 fully saturated rings. The van der Waals surface area contributed by atoms with Gasteiger partial charge in [0, 0.05) is 0 Å². The SMILES string of the molecule is CC1=NN(c2ccccc2)C(=O)C1S(=O)(=O)O.[H-].[Na+]. The molecular weight excluding hydrogens is 267 g/mol. The molecule has 1 aliphatic rings. The average Bonchev–Trinajstić information content (AvgIpc) is 2.54. The number of hydrogen-bond acceptors (Lipinski definition) is 4. The van der Waals surface area contributed by atoms with Crippen molar-refractivity contribution < 1.29 is 48.7 Å². The third-order valence-corrected chi connectivity index (χ3v) is 3.51. The summed E-state index contributed by atoms with van der Waals surface area (Å²) in [5, 5.41) is 3.23. The Hall–Kier alpha value is -0.730. The van der Waals surface area contributed by atoms with Crippen molar-refractivity contribution in [1.29, 1.82) is 0 Å². The molecule has 1 unspecified atom stereocenters. The van der Waals surface area contributed by atoms with Crippen LogP contribution in [0.2, 0.25) is 0 Å². The Morgan fingerprint density at radius 3 is 2.33 bits per heavy atom. The van der Waals surface area contributed by atoms with Gasteiger partial charge in [-0.05, 0) is 19.1 Å². The van der Waals surface area contributed by atoms with E-state index in [0.717, 1.165) is 5.01 Å². The number of rotatable bonds is 2. The van der Waals surface area contributed by atoms with Gasteiger partial charge >= 0.3 is 29.6 Å². The van der Waals surface area contributed by atoms with E-state index in [1.165, 1.54) is 6.92 Å². The number of carbonyl (C=O) groups excluding carboxylic acids is 1. The number of anilines is 1. The van der Waals surface area contributed by atoms with Crippen LogP contribution in [0.15, 0.2) is 35.4 Å². The quantitative estimate of drug-likeness (QED) is 0.490. The smallest absolute Gasteiger partial charge is 1.00 e. The molecule has 2 rings (SSSR count). The van der Waals surface area contributed by atoms with Crippen LogP contribution in [0.5, 0.6) is 0 Å². The molecule has 0 spiro atoms. The number of amides is 1. The van der Waals surface area contributed by atoms with E-state index in [0.29, 0.717) is 5.69 Å². The zero-order valence-corrected chi connectivity index (χ0v) is 12.8. The van der Waals surface area contributed by atoms with Gasteiger partial charge in [-0.15, -0.1) is 0 Å². The monoisotopic (exact) mass is 278 g/mol. The fourth-order valence-corrected chi connectivity index (χ4v) is 2.48. The van der Waals surface area contributed by atoms with Crippen LogP contribution in [0.3, 0.4) is 0 Å². The van der Waals surface area contributed by atoms with Gasteiger partial charge in [-0.25, -0.2) is 0 Å². The Balaban J connectivity index is 0.00000162. The molecule has 18 heavy (non-hydrogen) atoms. The standard InChI is InChI=1S/C10H10N2O4S.Na.H/c1-7-9(17(14,15)16)10(13)12(11-7)8-5-3-2-4-6-8;;/h2-6,9H,1H3,(H,14,15,16);;/q;+1;-1. The second-order valence-electron chi connectivity index (χ2n) is 3.62. The summed E-state index contributed by atoms with van der Waals surface area (Å²) >= 11 is 0. The Morgan fingerprint density at radius 2 is 1.89 bits per heavy atom. The maximum Gasteiger partial charge on any atom is 1.00 e. The predicted molar refractivity (Wildman–Crippen MR) is 63.5 cm³/mol. The van der Waals surface area contributed by atoms with E-state index >= 15 is 0 Å². The molecule has 1 aromatic rings. The van der Waals surface area contributed by atoms with Crippen molar-refractivity contribution in [3.05, 3.63) is 30.3 Å². The first-order chi connectivity index (χ1) is 7.91. The Morgan fingerprint density at radius 1 is 1.33 bits per heavy atom. The first-order valence-electron chi connectivity index (χ1n) is 4.81. The minimum Gasteiger partial charge on any atom is -1.00 e. The van der Waals surface area contributed by atoms with Crippen molar-refractivity contribution >= 4 is 27.4 Å². The predicted octanol–water partition coefficient (Wildman–Crippen LogP) is -2.22. The van der Waals surface area contributed by atoms with Crippen LogP contribution in [0.25, 0.3) is 0 Å². The van der Waals surface area contributed by atoms with Crippen LogP contribution >= 0.6 is 0 Å². The second-order valence-corrected chi connectivity index (χ2v) is 5.12. The van der Waals surface area contributed by atoms with Crippen molar-refractivity contribution in [3.63, 3.8) is 0 Å². The molecule has 0 aliphatic carbocycles. The Kier molecular flexibility index (Phi) is 4.68. The summed E-state index contributed by atoms with van der Waals surface area (Å²) in [5.41, 5.74) is 0.518. The van der Waals surface area contributed by atoms with Crippen LogP contribution < -0.4 is 34.6 Å². The molecule has 8 heteroatoms. The minimum atomic E-state index is -4.46. The largest absolute Gasteiger partial charge is 1.00 e. The van der Waals surface area contributed by atoms with Gasteiger partial charge in [0.1, 0.15) is 0 Å². The molecule has 92 valence electrons. The van der Waals surface area contributed by atoms with Gasteiger partial charge in [0.25, 0.3) is 16.0 Å². The zero-order valence-electron chi connectivity index (χ0n) is 10.9. The summed E-state index contributed by atoms with van der Waals surface area (Å²) in [6.07, 6.45) is 0. The number of carbonyl (C=O) groups is 1. The van der Waals surface area contributed by atoms with Gasteiger partial charge in [0.15, 0.2) is 0 Å². The van der Waals surface area contributed by atoms with E-state index in [1.54, 1.807) is 30.3 Å². The number of para-hydroxylation sites is 1. The van der Waals surface area contributed by atoms with Crippen molar-refractivity contribution in [1.82, 2.24) is 0 Å². The normalized spacial score (nSPS) is 19.4. The molecule has 1 atom stereocenters. The molecule has 1 aliphatic heterocycles. The zero-order chi connectivity index (χ0) is 12.6. The fourth-order valence-electron chi connectivity index (χ4n) is 1.65. The average molecular weight is 278 g/mol. The number of hydrogen-bond donors (Lipinski definition) is 1. The molecular formula is C10H11N2NaO4S. The van der Waals surface area contributed by atoms with E-state index in [1.807, 2.05) is 0 Å². The molecule has 0 saturated carbocycles. The van der Waals surface area contributed by atoms with Crippen LogP contribution in [0.4, 0.5) is 5.69 Å². The third-order valence-electron chi connectivity index (χ3n) is 2.37. The molecule has 0 saturated heterocycles. The molecule has 0 aromatic heterocycles. The van der Waals surface area contributed by atoms with Crippen LogP contribution in [0.1, 0.15) is 8.35 Å². The number of nitrogens with zero attached hydrogens (tertiary/aromatic N) is 2. The van der Waals surface area contributed by atoms with Crippen molar-refractivity contribution in [2.45, 2.75) is 12.2 Å².